The van der Waals surface area contributed by atoms with Gasteiger partial charge in [-0.25, -0.2) is 4.79 Å². The predicted octanol–water partition coefficient (Wildman–Crippen LogP) is 2.56. The number of carbonyl (C=O) groups is 1. The number of nitrogens with zero attached hydrogens (tertiary/aromatic N) is 2. The van der Waals surface area contributed by atoms with Crippen molar-refractivity contribution < 1.29 is 20.3 Å². The molecule has 1 aromatic rings. The first kappa shape index (κ1) is 25.4. The highest BCUT2D eigenvalue weighted by atomic mass is 16.4. The van der Waals surface area contributed by atoms with Crippen LogP contribution >= 0.6 is 0 Å². The molecule has 0 fully saturated rings. The van der Waals surface area contributed by atoms with Crippen LogP contribution in [-0.2, 0) is 6.42 Å². The molecule has 1 rings (SSSR count). The first-order chi connectivity index (χ1) is 13.8. The molecule has 9 heteroatoms. The number of anilines is 1. The Morgan fingerprint density at radius 2 is 1.50 bits per heavy atom. The Labute approximate surface area is 178 Å². The number of hydrogen-bond donors (Lipinski definition) is 6. The third-order valence-electron chi connectivity index (χ3n) is 5.65. The smallest absolute Gasteiger partial charge is 0.336 e. The Morgan fingerprint density at radius 1 is 1.03 bits per heavy atom. The van der Waals surface area contributed by atoms with Gasteiger partial charge in [-0.15, -0.1) is 0 Å². The number of nitrogen functional groups attached to an aromatic ring is 1. The molecule has 0 amide bonds. The highest BCUT2D eigenvalue weighted by molar-refractivity contribution is 5.91. The maximum Gasteiger partial charge on any atom is 0.336 e. The minimum atomic E-state index is -1.02. The van der Waals surface area contributed by atoms with Crippen LogP contribution < -0.4 is 16.4 Å². The molecule has 0 aliphatic carbocycles. The van der Waals surface area contributed by atoms with Crippen molar-refractivity contribution in [3.05, 3.63) is 29.3 Å². The van der Waals surface area contributed by atoms with Gasteiger partial charge < -0.3 is 31.9 Å². The summed E-state index contributed by atoms with van der Waals surface area (Å²) in [5, 5.41) is 41.1. The van der Waals surface area contributed by atoms with Crippen LogP contribution in [0.25, 0.3) is 0 Å². The van der Waals surface area contributed by atoms with Crippen molar-refractivity contribution >= 4 is 23.1 Å². The quantitative estimate of drug-likeness (QED) is 0.139. The van der Waals surface area contributed by atoms with Crippen molar-refractivity contribution in [3.63, 3.8) is 0 Å². The van der Waals surface area contributed by atoms with E-state index in [1.807, 2.05) is 27.7 Å². The second kappa shape index (κ2) is 10.4. The summed E-state index contributed by atoms with van der Waals surface area (Å²) in [6.45, 7) is 12.1. The Kier molecular flexibility index (Phi) is 8.80. The summed E-state index contributed by atoms with van der Waals surface area (Å²) in [5.41, 5.74) is 7.02. The zero-order valence-corrected chi connectivity index (χ0v) is 18.7. The number of nitrogens with one attached hydrogen (secondary N) is 2. The monoisotopic (exact) mass is 421 g/mol. The third kappa shape index (κ3) is 7.00. The average molecular weight is 422 g/mol. The number of oxime groups is 2. The van der Waals surface area contributed by atoms with Gasteiger partial charge in [-0.1, -0.05) is 16.4 Å². The molecular formula is C21H35N5O4. The van der Waals surface area contributed by atoms with Crippen molar-refractivity contribution in [1.82, 2.24) is 10.6 Å². The van der Waals surface area contributed by atoms with Gasteiger partial charge in [0.05, 0.1) is 28.1 Å². The molecule has 1 aromatic carbocycles. The van der Waals surface area contributed by atoms with E-state index in [2.05, 4.69) is 20.9 Å². The van der Waals surface area contributed by atoms with Gasteiger partial charge in [0.1, 0.15) is 0 Å². The fourth-order valence-electron chi connectivity index (χ4n) is 2.80. The molecule has 9 nitrogen and oxygen atoms in total. The molecule has 0 bridgehead atoms. The molecule has 0 spiro atoms. The van der Waals surface area contributed by atoms with Gasteiger partial charge >= 0.3 is 5.97 Å². The van der Waals surface area contributed by atoms with Gasteiger partial charge in [-0.05, 0) is 71.6 Å². The summed E-state index contributed by atoms with van der Waals surface area (Å²) in [4.78, 5) is 11.7. The summed E-state index contributed by atoms with van der Waals surface area (Å²) >= 11 is 0. The van der Waals surface area contributed by atoms with E-state index < -0.39 is 17.0 Å². The molecule has 168 valence electrons. The standard InChI is InChI=1S/C21H35N5O4/c1-13(25-29)20(3,4)23-11-15(12-24-21(5,6)14(2)26-30)9-16-7-8-17(22)10-18(16)19(27)28/h7-8,10,15,23-24,29-30H,9,11-12,22H2,1-6H3,(H,27,28). The summed E-state index contributed by atoms with van der Waals surface area (Å²) in [6.07, 6.45) is 0.485. The number of hydrogen-bond acceptors (Lipinski definition) is 8. The van der Waals surface area contributed by atoms with Crippen LogP contribution in [-0.4, -0.2) is 57.1 Å². The normalized spacial score (nSPS) is 14.6. The van der Waals surface area contributed by atoms with Crippen LogP contribution in [0.4, 0.5) is 5.69 Å². The fourth-order valence-corrected chi connectivity index (χ4v) is 2.80. The largest absolute Gasteiger partial charge is 0.478 e. The van der Waals surface area contributed by atoms with E-state index in [1.54, 1.807) is 26.0 Å². The van der Waals surface area contributed by atoms with Crippen LogP contribution in [0.2, 0.25) is 0 Å². The molecule has 0 aliphatic heterocycles. The number of rotatable bonds is 11. The Hall–Kier alpha value is -2.65. The van der Waals surface area contributed by atoms with E-state index in [1.165, 1.54) is 6.07 Å². The highest BCUT2D eigenvalue weighted by Gasteiger charge is 2.27. The lowest BCUT2D eigenvalue weighted by molar-refractivity contribution is 0.0695. The van der Waals surface area contributed by atoms with Crippen LogP contribution in [0.3, 0.4) is 0 Å². The van der Waals surface area contributed by atoms with E-state index in [0.717, 1.165) is 0 Å². The third-order valence-corrected chi connectivity index (χ3v) is 5.65. The number of carboxylic acid groups (broad SMARTS) is 1. The van der Waals surface area contributed by atoms with Crippen LogP contribution in [0.1, 0.15) is 57.5 Å². The van der Waals surface area contributed by atoms with Crippen LogP contribution in [0, 0.1) is 5.92 Å². The molecule has 0 saturated carbocycles. The molecule has 0 atom stereocenters. The highest BCUT2D eigenvalue weighted by Crippen LogP contribution is 2.19. The molecule has 0 aliphatic rings. The number of aromatic carboxylic acids is 1. The number of benzene rings is 1. The van der Waals surface area contributed by atoms with Crippen molar-refractivity contribution in [1.29, 1.82) is 0 Å². The van der Waals surface area contributed by atoms with E-state index >= 15 is 0 Å². The summed E-state index contributed by atoms with van der Waals surface area (Å²) in [6, 6.07) is 4.90. The molecule has 7 N–H and O–H groups in total. The zero-order chi connectivity index (χ0) is 23.1. The van der Waals surface area contributed by atoms with Gasteiger partial charge in [-0.2, -0.15) is 0 Å². The second-order valence-corrected chi connectivity index (χ2v) is 8.67. The van der Waals surface area contributed by atoms with Gasteiger partial charge in [0.25, 0.3) is 0 Å². The van der Waals surface area contributed by atoms with E-state index in [-0.39, 0.29) is 11.5 Å². The van der Waals surface area contributed by atoms with Crippen molar-refractivity contribution in [2.45, 2.75) is 59.0 Å². The fraction of sp³-hybridized carbons (Fsp3) is 0.571. The molecule has 0 radical (unpaired) electrons. The van der Waals surface area contributed by atoms with Crippen molar-refractivity contribution in [2.75, 3.05) is 18.8 Å². The predicted molar refractivity (Wildman–Crippen MR) is 119 cm³/mol. The Balaban J connectivity index is 3.10. The zero-order valence-electron chi connectivity index (χ0n) is 18.7. The number of nitrogens with two attached hydrogens (primary N) is 1. The first-order valence-corrected chi connectivity index (χ1v) is 9.84. The summed E-state index contributed by atoms with van der Waals surface area (Å²) in [7, 11) is 0. The topological polar surface area (TPSA) is 153 Å². The summed E-state index contributed by atoms with van der Waals surface area (Å²) < 4.78 is 0. The molecule has 0 heterocycles. The van der Waals surface area contributed by atoms with Crippen LogP contribution in [0.5, 0.6) is 0 Å². The van der Waals surface area contributed by atoms with Crippen molar-refractivity contribution in [2.24, 2.45) is 16.2 Å². The maximum absolute atomic E-state index is 11.7. The molecule has 30 heavy (non-hydrogen) atoms. The lowest BCUT2D eigenvalue weighted by atomic mass is 9.91. The van der Waals surface area contributed by atoms with Crippen LogP contribution in [0.15, 0.2) is 28.5 Å². The molecule has 0 unspecified atom stereocenters. The average Bonchev–Trinajstić information content (AvgIpc) is 2.69. The first-order valence-electron chi connectivity index (χ1n) is 9.84. The van der Waals surface area contributed by atoms with Gasteiger partial charge in [0.15, 0.2) is 0 Å². The second-order valence-electron chi connectivity index (χ2n) is 8.67. The minimum Gasteiger partial charge on any atom is -0.478 e. The lowest BCUT2D eigenvalue weighted by Crippen LogP contribution is -2.52. The van der Waals surface area contributed by atoms with E-state index in [0.29, 0.717) is 42.2 Å². The van der Waals surface area contributed by atoms with Crippen molar-refractivity contribution in [3.8, 4) is 0 Å². The molecule has 0 aromatic heterocycles. The minimum absolute atomic E-state index is 0.0109. The van der Waals surface area contributed by atoms with E-state index in [9.17, 15) is 9.90 Å². The Bertz CT molecular complexity index is 769. The molecular weight excluding hydrogens is 386 g/mol. The van der Waals surface area contributed by atoms with Gasteiger partial charge in [-0.3, -0.25) is 0 Å². The van der Waals surface area contributed by atoms with E-state index in [4.69, 9.17) is 16.1 Å². The Morgan fingerprint density at radius 3 is 1.90 bits per heavy atom. The molecule has 0 saturated heterocycles. The summed E-state index contributed by atoms with van der Waals surface area (Å²) in [5.74, 6) is -1.03. The van der Waals surface area contributed by atoms with Gasteiger partial charge in [0.2, 0.25) is 0 Å². The number of carboxylic acids is 1. The SMILES string of the molecule is CC(=NO)C(C)(C)NCC(CNC(C)(C)C(C)=NO)Cc1ccc(N)cc1C(=O)O. The van der Waals surface area contributed by atoms with Gasteiger partial charge in [0, 0.05) is 18.8 Å². The maximum atomic E-state index is 11.7. The lowest BCUT2D eigenvalue weighted by Gasteiger charge is -2.32.